The van der Waals surface area contributed by atoms with Crippen LogP contribution in [0.5, 0.6) is 0 Å². The molecule has 0 amide bonds. The minimum atomic E-state index is -0.363. The molecule has 0 spiro atoms. The summed E-state index contributed by atoms with van der Waals surface area (Å²) in [7, 11) is 0. The summed E-state index contributed by atoms with van der Waals surface area (Å²) in [6.45, 7) is 3.79. The zero-order valence-corrected chi connectivity index (χ0v) is 9.02. The molecule has 72 valence electrons. The maximum atomic E-state index is 5.84. The van der Waals surface area contributed by atoms with Crippen LogP contribution >= 0.6 is 23.2 Å². The van der Waals surface area contributed by atoms with Crippen LogP contribution in [0.4, 0.5) is 0 Å². The van der Waals surface area contributed by atoms with Crippen molar-refractivity contribution in [2.45, 2.75) is 25.8 Å². The van der Waals surface area contributed by atoms with E-state index in [0.717, 1.165) is 0 Å². The molecule has 3 nitrogen and oxygen atoms in total. The average Bonchev–Trinajstić information content (AvgIpc) is 1.95. The van der Waals surface area contributed by atoms with Crippen molar-refractivity contribution in [1.29, 1.82) is 0 Å². The zero-order valence-electron chi connectivity index (χ0n) is 7.51. The smallest absolute Gasteiger partial charge is 0.137 e. The van der Waals surface area contributed by atoms with E-state index in [-0.39, 0.29) is 5.54 Å². The van der Waals surface area contributed by atoms with E-state index in [2.05, 4.69) is 9.97 Å². The third kappa shape index (κ3) is 3.10. The van der Waals surface area contributed by atoms with Crippen molar-refractivity contribution in [1.82, 2.24) is 9.97 Å². The third-order valence-corrected chi connectivity index (χ3v) is 2.12. The summed E-state index contributed by atoms with van der Waals surface area (Å²) in [6.07, 6.45) is 1.89. The van der Waals surface area contributed by atoms with E-state index in [1.54, 1.807) is 0 Å². The predicted molar refractivity (Wildman–Crippen MR) is 54.0 cm³/mol. The van der Waals surface area contributed by atoms with E-state index >= 15 is 0 Å². The van der Waals surface area contributed by atoms with Gasteiger partial charge in [0.1, 0.15) is 16.6 Å². The highest BCUT2D eigenvalue weighted by Gasteiger charge is 2.17. The fourth-order valence-corrected chi connectivity index (χ4v) is 1.42. The molecule has 0 bridgehead atoms. The zero-order chi connectivity index (χ0) is 10.1. The molecule has 0 unspecified atom stereocenters. The third-order valence-electron chi connectivity index (χ3n) is 1.47. The normalized spacial score (nSPS) is 11.8. The van der Waals surface area contributed by atoms with Crippen molar-refractivity contribution in [3.63, 3.8) is 0 Å². The molecule has 1 rings (SSSR count). The number of nitrogens with zero attached hydrogens (tertiary/aromatic N) is 2. The van der Waals surface area contributed by atoms with Gasteiger partial charge in [-0.25, -0.2) is 9.97 Å². The van der Waals surface area contributed by atoms with E-state index < -0.39 is 0 Å². The molecule has 13 heavy (non-hydrogen) atoms. The second kappa shape index (κ2) is 3.78. The first kappa shape index (κ1) is 10.7. The quantitative estimate of drug-likeness (QED) is 0.776. The van der Waals surface area contributed by atoms with E-state index in [1.165, 1.54) is 6.33 Å². The maximum Gasteiger partial charge on any atom is 0.137 e. The highest BCUT2D eigenvalue weighted by Crippen LogP contribution is 2.23. The van der Waals surface area contributed by atoms with Crippen LogP contribution in [-0.4, -0.2) is 15.5 Å². The molecule has 1 aromatic rings. The standard InChI is InChI=1S/C8H11Cl2N3/c1-8(2,11)3-5-6(9)12-4-13-7(5)10/h4H,3,11H2,1-2H3. The Hall–Kier alpha value is -0.380. The number of hydrogen-bond donors (Lipinski definition) is 1. The lowest BCUT2D eigenvalue weighted by Crippen LogP contribution is -2.34. The Morgan fingerprint density at radius 2 is 1.77 bits per heavy atom. The second-order valence-corrected chi connectivity index (χ2v) is 4.32. The summed E-state index contributed by atoms with van der Waals surface area (Å²) in [6, 6.07) is 0. The van der Waals surface area contributed by atoms with E-state index in [4.69, 9.17) is 28.9 Å². The van der Waals surface area contributed by atoms with Gasteiger partial charge in [-0.05, 0) is 20.3 Å². The Kier molecular flexibility index (Phi) is 3.11. The topological polar surface area (TPSA) is 51.8 Å². The number of rotatable bonds is 2. The first-order chi connectivity index (χ1) is 5.90. The van der Waals surface area contributed by atoms with Crippen LogP contribution in [0.1, 0.15) is 19.4 Å². The summed E-state index contributed by atoms with van der Waals surface area (Å²) in [4.78, 5) is 7.68. The lowest BCUT2D eigenvalue weighted by molar-refractivity contribution is 0.515. The van der Waals surface area contributed by atoms with Crippen molar-refractivity contribution in [2.75, 3.05) is 0 Å². The van der Waals surface area contributed by atoms with E-state index in [1.807, 2.05) is 13.8 Å². The Morgan fingerprint density at radius 3 is 2.15 bits per heavy atom. The van der Waals surface area contributed by atoms with Gasteiger partial charge in [-0.15, -0.1) is 0 Å². The lowest BCUT2D eigenvalue weighted by Gasteiger charge is -2.18. The van der Waals surface area contributed by atoms with Crippen molar-refractivity contribution in [3.8, 4) is 0 Å². The van der Waals surface area contributed by atoms with Crippen molar-refractivity contribution < 1.29 is 0 Å². The van der Waals surface area contributed by atoms with Gasteiger partial charge in [0.25, 0.3) is 0 Å². The summed E-state index contributed by atoms with van der Waals surface area (Å²) in [5, 5.41) is 0.747. The molecular weight excluding hydrogens is 209 g/mol. The molecule has 1 heterocycles. The van der Waals surface area contributed by atoms with Crippen LogP contribution in [-0.2, 0) is 6.42 Å². The van der Waals surface area contributed by atoms with Crippen LogP contribution in [0, 0.1) is 0 Å². The molecule has 2 N–H and O–H groups in total. The van der Waals surface area contributed by atoms with Crippen LogP contribution in [0.3, 0.4) is 0 Å². The van der Waals surface area contributed by atoms with Gasteiger partial charge in [-0.2, -0.15) is 0 Å². The number of nitrogens with two attached hydrogens (primary N) is 1. The van der Waals surface area contributed by atoms with Crippen molar-refractivity contribution in [2.24, 2.45) is 5.73 Å². The molecule has 0 saturated heterocycles. The molecule has 0 fully saturated rings. The minimum Gasteiger partial charge on any atom is -0.325 e. The number of hydrogen-bond acceptors (Lipinski definition) is 3. The molecule has 0 aliphatic heterocycles. The van der Waals surface area contributed by atoms with Gasteiger partial charge in [-0.3, -0.25) is 0 Å². The predicted octanol–water partition coefficient (Wildman–Crippen LogP) is 2.06. The number of halogens is 2. The highest BCUT2D eigenvalue weighted by molar-refractivity contribution is 6.34. The summed E-state index contributed by atoms with van der Waals surface area (Å²) >= 11 is 11.7. The molecule has 0 atom stereocenters. The number of aromatic nitrogens is 2. The Bertz CT molecular complexity index is 286. The second-order valence-electron chi connectivity index (χ2n) is 3.60. The van der Waals surface area contributed by atoms with Gasteiger partial charge >= 0.3 is 0 Å². The van der Waals surface area contributed by atoms with Crippen LogP contribution in [0.25, 0.3) is 0 Å². The Labute approximate surface area is 87.3 Å². The van der Waals surface area contributed by atoms with Crippen molar-refractivity contribution in [3.05, 3.63) is 22.2 Å². The lowest BCUT2D eigenvalue weighted by atomic mass is 9.98. The molecular formula is C8H11Cl2N3. The molecule has 0 saturated carbocycles. The SMILES string of the molecule is CC(C)(N)Cc1c(Cl)ncnc1Cl. The molecule has 0 aliphatic carbocycles. The monoisotopic (exact) mass is 219 g/mol. The average molecular weight is 220 g/mol. The fourth-order valence-electron chi connectivity index (χ4n) is 0.973. The molecule has 1 aromatic heterocycles. The first-order valence-corrected chi connectivity index (χ1v) is 4.59. The van der Waals surface area contributed by atoms with Gasteiger partial charge in [-0.1, -0.05) is 23.2 Å². The molecule has 0 radical (unpaired) electrons. The first-order valence-electron chi connectivity index (χ1n) is 3.84. The van der Waals surface area contributed by atoms with Crippen LogP contribution < -0.4 is 5.73 Å². The maximum absolute atomic E-state index is 5.84. The Balaban J connectivity index is 3.00. The van der Waals surface area contributed by atoms with Crippen LogP contribution in [0.2, 0.25) is 10.3 Å². The fraction of sp³-hybridized carbons (Fsp3) is 0.500. The van der Waals surface area contributed by atoms with Gasteiger partial charge in [0.15, 0.2) is 0 Å². The van der Waals surface area contributed by atoms with E-state index in [9.17, 15) is 0 Å². The van der Waals surface area contributed by atoms with Gasteiger partial charge in [0.05, 0.1) is 0 Å². The highest BCUT2D eigenvalue weighted by atomic mass is 35.5. The van der Waals surface area contributed by atoms with Gasteiger partial charge in [0.2, 0.25) is 0 Å². The largest absolute Gasteiger partial charge is 0.325 e. The molecule has 5 heteroatoms. The Morgan fingerprint density at radius 1 is 1.31 bits per heavy atom. The van der Waals surface area contributed by atoms with Crippen molar-refractivity contribution >= 4 is 23.2 Å². The van der Waals surface area contributed by atoms with Crippen LogP contribution in [0.15, 0.2) is 6.33 Å². The van der Waals surface area contributed by atoms with E-state index in [0.29, 0.717) is 22.3 Å². The minimum absolute atomic E-state index is 0.363. The summed E-state index contributed by atoms with van der Waals surface area (Å²) < 4.78 is 0. The summed E-state index contributed by atoms with van der Waals surface area (Å²) in [5.74, 6) is 0. The molecule has 0 aliphatic rings. The summed E-state index contributed by atoms with van der Waals surface area (Å²) in [5.41, 5.74) is 6.18. The van der Waals surface area contributed by atoms with Gasteiger partial charge in [0, 0.05) is 11.1 Å². The van der Waals surface area contributed by atoms with Gasteiger partial charge < -0.3 is 5.73 Å². The molecule has 0 aromatic carbocycles.